The first-order valence-corrected chi connectivity index (χ1v) is 8.34. The monoisotopic (exact) mass is 417 g/mol. The highest BCUT2D eigenvalue weighted by molar-refractivity contribution is 9.10. The Kier molecular flexibility index (Phi) is 6.21. The van der Waals surface area contributed by atoms with Crippen molar-refractivity contribution in [2.45, 2.75) is 26.1 Å². The minimum Gasteiger partial charge on any atom is -0.348 e. The predicted molar refractivity (Wildman–Crippen MR) is 91.1 cm³/mol. The van der Waals surface area contributed by atoms with Crippen LogP contribution in [0.5, 0.6) is 0 Å². The maximum atomic E-state index is 13.7. The minimum atomic E-state index is -4.33. The molecule has 0 radical (unpaired) electrons. The van der Waals surface area contributed by atoms with Crippen molar-refractivity contribution < 1.29 is 22.4 Å². The van der Waals surface area contributed by atoms with Crippen LogP contribution in [0.1, 0.15) is 18.9 Å². The highest BCUT2D eigenvalue weighted by Gasteiger charge is 2.35. The van der Waals surface area contributed by atoms with Gasteiger partial charge in [0, 0.05) is 28.2 Å². The lowest BCUT2D eigenvalue weighted by Crippen LogP contribution is -2.21. The second-order valence-electron chi connectivity index (χ2n) is 5.75. The molecule has 0 aromatic heterocycles. The first kappa shape index (κ1) is 19.4. The number of amides is 1. The molecule has 1 aromatic rings. The van der Waals surface area contributed by atoms with Crippen LogP contribution in [0.4, 0.5) is 17.6 Å². The first-order valence-electron chi connectivity index (χ1n) is 7.54. The van der Waals surface area contributed by atoms with Crippen LogP contribution in [0.25, 0.3) is 0 Å². The van der Waals surface area contributed by atoms with Gasteiger partial charge in [-0.25, -0.2) is 4.39 Å². The normalized spacial score (nSPS) is 18.1. The zero-order valence-corrected chi connectivity index (χ0v) is 14.9. The van der Waals surface area contributed by atoms with Gasteiger partial charge in [0.15, 0.2) is 0 Å². The Morgan fingerprint density at radius 1 is 1.36 bits per heavy atom. The minimum absolute atomic E-state index is 0.0228. The van der Waals surface area contributed by atoms with Crippen molar-refractivity contribution in [3.8, 4) is 0 Å². The average Bonchev–Trinajstić information content (AvgIpc) is 2.52. The molecule has 0 aliphatic heterocycles. The maximum absolute atomic E-state index is 13.7. The smallest absolute Gasteiger partial charge is 0.348 e. The van der Waals surface area contributed by atoms with Crippen molar-refractivity contribution in [3.63, 3.8) is 0 Å². The molecule has 1 amide bonds. The third-order valence-electron chi connectivity index (χ3n) is 3.83. The predicted octanol–water partition coefficient (Wildman–Crippen LogP) is 5.22. The van der Waals surface area contributed by atoms with Crippen molar-refractivity contribution in [1.29, 1.82) is 0 Å². The third-order valence-corrected chi connectivity index (χ3v) is 4.32. The van der Waals surface area contributed by atoms with E-state index in [1.165, 1.54) is 24.3 Å². The zero-order chi connectivity index (χ0) is 18.6. The summed E-state index contributed by atoms with van der Waals surface area (Å²) < 4.78 is 52.2. The molecule has 134 valence electrons. The highest BCUT2D eigenvalue weighted by atomic mass is 79.9. The molecule has 0 bridgehead atoms. The fourth-order valence-corrected chi connectivity index (χ4v) is 2.72. The number of carbonyl (C=O) groups is 1. The van der Waals surface area contributed by atoms with Gasteiger partial charge in [-0.1, -0.05) is 47.1 Å². The first-order chi connectivity index (χ1) is 11.7. The average molecular weight is 418 g/mol. The summed E-state index contributed by atoms with van der Waals surface area (Å²) in [7, 11) is 0. The van der Waals surface area contributed by atoms with Crippen LogP contribution in [0.2, 0.25) is 0 Å². The largest absolute Gasteiger partial charge is 0.412 e. The van der Waals surface area contributed by atoms with Crippen LogP contribution in [-0.4, -0.2) is 12.1 Å². The summed E-state index contributed by atoms with van der Waals surface area (Å²) in [6.45, 7) is 1.69. The van der Waals surface area contributed by atoms with Gasteiger partial charge in [0.25, 0.3) is 0 Å². The number of hydrogen-bond acceptors (Lipinski definition) is 1. The molecule has 0 heterocycles. The Balaban J connectivity index is 1.96. The van der Waals surface area contributed by atoms with E-state index in [1.54, 1.807) is 19.1 Å². The summed E-state index contributed by atoms with van der Waals surface area (Å²) in [6, 6.07) is 4.52. The second-order valence-corrected chi connectivity index (χ2v) is 6.66. The molecule has 1 unspecified atom stereocenters. The van der Waals surface area contributed by atoms with Crippen molar-refractivity contribution >= 4 is 21.8 Å². The van der Waals surface area contributed by atoms with Gasteiger partial charge >= 0.3 is 6.18 Å². The molecule has 1 aromatic carbocycles. The summed E-state index contributed by atoms with van der Waals surface area (Å²) in [5, 5.41) is 2.54. The molecule has 1 aliphatic rings. The van der Waals surface area contributed by atoms with E-state index in [9.17, 15) is 22.4 Å². The molecule has 2 nitrogen and oxygen atoms in total. The number of benzene rings is 1. The van der Waals surface area contributed by atoms with Gasteiger partial charge in [0.1, 0.15) is 5.82 Å². The molecule has 25 heavy (non-hydrogen) atoms. The maximum Gasteiger partial charge on any atom is 0.412 e. The van der Waals surface area contributed by atoms with Gasteiger partial charge in [0.05, 0.1) is 0 Å². The van der Waals surface area contributed by atoms with Crippen LogP contribution in [0, 0.1) is 11.7 Å². The van der Waals surface area contributed by atoms with E-state index in [-0.39, 0.29) is 18.9 Å². The van der Waals surface area contributed by atoms with Crippen LogP contribution in [-0.2, 0) is 11.3 Å². The number of rotatable bonds is 4. The van der Waals surface area contributed by atoms with Gasteiger partial charge in [-0.05, 0) is 30.0 Å². The van der Waals surface area contributed by atoms with Crippen molar-refractivity contribution in [2.75, 3.05) is 0 Å². The number of alkyl halides is 3. The Bertz CT molecular complexity index is 750. The molecule has 2 rings (SSSR count). The molecule has 7 heteroatoms. The summed E-state index contributed by atoms with van der Waals surface area (Å²) in [5.41, 5.74) is 0.401. The Morgan fingerprint density at radius 3 is 2.68 bits per heavy atom. The fraction of sp³-hybridized carbons (Fsp3) is 0.278. The Labute approximate surface area is 151 Å². The lowest BCUT2D eigenvalue weighted by atomic mass is 9.88. The number of nitrogens with one attached hydrogen (secondary N) is 1. The fourth-order valence-electron chi connectivity index (χ4n) is 2.39. The number of hydrogen-bond donors (Lipinski definition) is 1. The van der Waals surface area contributed by atoms with Gasteiger partial charge < -0.3 is 5.32 Å². The van der Waals surface area contributed by atoms with Crippen LogP contribution in [0.15, 0.2) is 58.1 Å². The van der Waals surface area contributed by atoms with Gasteiger partial charge in [-0.2, -0.15) is 13.2 Å². The topological polar surface area (TPSA) is 29.1 Å². The standard InChI is InChI=1S/C18H16BrF4NO/c1-11-8-14(18(21,22)23)5-2-12(11)4-7-17(25)24-10-13-3-6-15(19)9-16(13)20/h2-7,9,11H,8,10H2,1H3,(H,24,25)/b7-4+. The molecule has 0 fully saturated rings. The molecular formula is C18H16BrF4NO. The van der Waals surface area contributed by atoms with E-state index in [2.05, 4.69) is 21.2 Å². The second kappa shape index (κ2) is 7.99. The molecule has 0 saturated carbocycles. The number of carbonyl (C=O) groups excluding carboxylic acids is 1. The van der Waals surface area contributed by atoms with Crippen LogP contribution < -0.4 is 5.32 Å². The third kappa shape index (κ3) is 5.56. The summed E-state index contributed by atoms with van der Waals surface area (Å²) >= 11 is 3.15. The molecule has 1 atom stereocenters. The summed E-state index contributed by atoms with van der Waals surface area (Å²) in [4.78, 5) is 11.8. The highest BCUT2D eigenvalue weighted by Crippen LogP contribution is 2.35. The van der Waals surface area contributed by atoms with Crippen LogP contribution >= 0.6 is 15.9 Å². The quantitative estimate of drug-likeness (QED) is 0.528. The summed E-state index contributed by atoms with van der Waals surface area (Å²) in [6.07, 6.45) is 0.689. The lowest BCUT2D eigenvalue weighted by molar-refractivity contribution is -0.116. The van der Waals surface area contributed by atoms with E-state index in [0.717, 1.165) is 6.08 Å². The van der Waals surface area contributed by atoms with Gasteiger partial charge in [0.2, 0.25) is 5.91 Å². The molecule has 0 spiro atoms. The van der Waals surface area contributed by atoms with Crippen molar-refractivity contribution in [1.82, 2.24) is 5.32 Å². The van der Waals surface area contributed by atoms with Gasteiger partial charge in [-0.15, -0.1) is 0 Å². The van der Waals surface area contributed by atoms with Crippen molar-refractivity contribution in [3.05, 3.63) is 69.5 Å². The van der Waals surface area contributed by atoms with Gasteiger partial charge in [-0.3, -0.25) is 4.79 Å². The number of halogens is 5. The SMILES string of the molecule is CC1CC(C(F)(F)F)=CC=C1/C=C/C(=O)NCc1ccc(Br)cc1F. The van der Waals surface area contributed by atoms with E-state index in [1.807, 2.05) is 0 Å². The zero-order valence-electron chi connectivity index (χ0n) is 13.3. The van der Waals surface area contributed by atoms with E-state index in [0.29, 0.717) is 15.6 Å². The summed E-state index contributed by atoms with van der Waals surface area (Å²) in [5.74, 6) is -1.22. The Morgan fingerprint density at radius 2 is 2.08 bits per heavy atom. The van der Waals surface area contributed by atoms with Crippen molar-refractivity contribution in [2.24, 2.45) is 5.92 Å². The molecule has 1 N–H and O–H groups in total. The van der Waals surface area contributed by atoms with Crippen LogP contribution in [0.3, 0.4) is 0 Å². The van der Waals surface area contributed by atoms with E-state index >= 15 is 0 Å². The molecule has 1 aliphatic carbocycles. The Hall–Kier alpha value is -1.89. The molecular weight excluding hydrogens is 402 g/mol. The molecule has 0 saturated heterocycles. The van der Waals surface area contributed by atoms with E-state index < -0.39 is 23.5 Å². The lowest BCUT2D eigenvalue weighted by Gasteiger charge is -2.21. The number of allylic oxidation sites excluding steroid dienone is 5. The van der Waals surface area contributed by atoms with E-state index in [4.69, 9.17) is 0 Å².